The van der Waals surface area contributed by atoms with Crippen molar-refractivity contribution in [1.29, 1.82) is 0 Å². The molecule has 2 aromatic rings. The normalized spacial score (nSPS) is 13.4. The van der Waals surface area contributed by atoms with E-state index < -0.39 is 31.9 Å². The summed E-state index contributed by atoms with van der Waals surface area (Å²) in [5.74, 6) is -1.06. The van der Waals surface area contributed by atoms with Gasteiger partial charge in [-0.15, -0.1) is 0 Å². The van der Waals surface area contributed by atoms with Crippen molar-refractivity contribution >= 4 is 31.9 Å². The number of carbonyl (C=O) groups is 2. The molecule has 10 heteroatoms. The van der Waals surface area contributed by atoms with Gasteiger partial charge in [-0.25, -0.2) is 25.4 Å². The first-order valence-corrected chi connectivity index (χ1v) is 14.2. The molecule has 0 aromatic heterocycles. The van der Waals surface area contributed by atoms with Crippen molar-refractivity contribution in [2.24, 2.45) is 0 Å². The fraction of sp³-hybridized carbons (Fsp3) is 0.259. The van der Waals surface area contributed by atoms with E-state index in [0.29, 0.717) is 11.1 Å². The van der Waals surface area contributed by atoms with E-state index in [-0.39, 0.29) is 28.5 Å². The quantitative estimate of drug-likeness (QED) is 0.383. The Morgan fingerprint density at radius 2 is 1.32 bits per heavy atom. The molecular formula is C27H32N2O6S2. The monoisotopic (exact) mass is 544 g/mol. The van der Waals surface area contributed by atoms with E-state index in [0.717, 1.165) is 19.7 Å². The van der Waals surface area contributed by atoms with Crippen molar-refractivity contribution in [2.75, 3.05) is 13.1 Å². The van der Waals surface area contributed by atoms with Crippen molar-refractivity contribution in [2.45, 2.75) is 44.4 Å². The minimum Gasteiger partial charge on any atom is -0.268 e. The molecule has 1 aliphatic heterocycles. The van der Waals surface area contributed by atoms with E-state index in [9.17, 15) is 26.4 Å². The van der Waals surface area contributed by atoms with Gasteiger partial charge in [0.1, 0.15) is 0 Å². The minimum absolute atomic E-state index is 0.0537. The number of amides is 2. The molecule has 37 heavy (non-hydrogen) atoms. The molecule has 0 spiro atoms. The van der Waals surface area contributed by atoms with Crippen LogP contribution in [0.2, 0.25) is 0 Å². The highest BCUT2D eigenvalue weighted by Gasteiger charge is 2.32. The SMILES string of the molecule is C=C(C)CN(C(=O)C(=C)C)S(=O)(=O)c1ccc(C)cc1.CC1=CCN(S(=O)(=O)c2ccc(C)cc2)C1=O. The Kier molecular flexibility index (Phi) is 9.40. The van der Waals surface area contributed by atoms with Gasteiger partial charge in [0.25, 0.3) is 31.9 Å². The summed E-state index contributed by atoms with van der Waals surface area (Å²) in [6, 6.07) is 12.8. The number of benzene rings is 2. The summed E-state index contributed by atoms with van der Waals surface area (Å²) in [5.41, 5.74) is 3.14. The molecule has 1 aliphatic rings. The molecular weight excluding hydrogens is 512 g/mol. The highest BCUT2D eigenvalue weighted by atomic mass is 32.2. The smallest absolute Gasteiger partial charge is 0.267 e. The zero-order valence-electron chi connectivity index (χ0n) is 21.7. The van der Waals surface area contributed by atoms with E-state index in [1.165, 1.54) is 31.2 Å². The average Bonchev–Trinajstić information content (AvgIpc) is 3.16. The van der Waals surface area contributed by atoms with Crippen LogP contribution < -0.4 is 0 Å². The molecule has 2 aromatic carbocycles. The van der Waals surface area contributed by atoms with E-state index in [1.54, 1.807) is 44.2 Å². The standard InChI is InChI=1S/C15H19NO3S.C12H13NO3S/c1-11(2)10-16(15(17)12(3)4)20(18,19)14-8-6-13(5)7-9-14;1-9-3-5-11(6-4-9)17(15,16)13-8-7-10(2)12(13)14/h6-9H,1,3,10H2,2,4-5H3;3-7H,8H2,1-2H3. The summed E-state index contributed by atoms with van der Waals surface area (Å²) >= 11 is 0. The van der Waals surface area contributed by atoms with Crippen LogP contribution in [-0.4, -0.2) is 50.3 Å². The summed E-state index contributed by atoms with van der Waals surface area (Å²) in [6.45, 7) is 15.8. The maximum absolute atomic E-state index is 12.5. The Hall–Kier alpha value is -3.50. The lowest BCUT2D eigenvalue weighted by molar-refractivity contribution is -0.122. The van der Waals surface area contributed by atoms with Crippen LogP contribution in [0.3, 0.4) is 0 Å². The Morgan fingerprint density at radius 1 is 0.865 bits per heavy atom. The molecule has 2 amide bonds. The predicted molar refractivity (Wildman–Crippen MR) is 144 cm³/mol. The van der Waals surface area contributed by atoms with Crippen LogP contribution in [0.4, 0.5) is 0 Å². The van der Waals surface area contributed by atoms with E-state index in [2.05, 4.69) is 13.2 Å². The van der Waals surface area contributed by atoms with Crippen LogP contribution >= 0.6 is 0 Å². The van der Waals surface area contributed by atoms with Gasteiger partial charge in [-0.05, 0) is 58.9 Å². The third-order valence-electron chi connectivity index (χ3n) is 5.35. The van der Waals surface area contributed by atoms with Crippen LogP contribution in [0.5, 0.6) is 0 Å². The van der Waals surface area contributed by atoms with Crippen LogP contribution in [0.25, 0.3) is 0 Å². The van der Waals surface area contributed by atoms with Crippen molar-refractivity contribution in [3.05, 3.63) is 95.6 Å². The third-order valence-corrected chi connectivity index (χ3v) is 8.86. The Labute approximate surface area is 219 Å². The van der Waals surface area contributed by atoms with Crippen molar-refractivity contribution in [3.63, 3.8) is 0 Å². The van der Waals surface area contributed by atoms with Crippen LogP contribution in [0.15, 0.2) is 94.3 Å². The lowest BCUT2D eigenvalue weighted by atomic mass is 10.2. The van der Waals surface area contributed by atoms with Gasteiger partial charge in [0, 0.05) is 11.1 Å². The number of hydrogen-bond acceptors (Lipinski definition) is 6. The summed E-state index contributed by atoms with van der Waals surface area (Å²) in [5, 5.41) is 0. The zero-order valence-corrected chi connectivity index (χ0v) is 23.3. The van der Waals surface area contributed by atoms with Gasteiger partial charge in [-0.2, -0.15) is 0 Å². The number of sulfonamides is 2. The van der Waals surface area contributed by atoms with E-state index in [1.807, 2.05) is 13.8 Å². The first-order valence-electron chi connectivity index (χ1n) is 11.3. The summed E-state index contributed by atoms with van der Waals surface area (Å²) in [7, 11) is -7.60. The molecule has 0 fully saturated rings. The molecule has 198 valence electrons. The summed E-state index contributed by atoms with van der Waals surface area (Å²) < 4.78 is 51.1. The summed E-state index contributed by atoms with van der Waals surface area (Å²) in [6.07, 6.45) is 1.62. The highest BCUT2D eigenvalue weighted by molar-refractivity contribution is 7.90. The third kappa shape index (κ3) is 7.05. The minimum atomic E-state index is -3.90. The van der Waals surface area contributed by atoms with Gasteiger partial charge < -0.3 is 0 Å². The van der Waals surface area contributed by atoms with Crippen LogP contribution in [0, 0.1) is 13.8 Å². The topological polar surface area (TPSA) is 109 Å². The highest BCUT2D eigenvalue weighted by Crippen LogP contribution is 2.22. The van der Waals surface area contributed by atoms with Gasteiger partial charge in [-0.1, -0.05) is 60.2 Å². The molecule has 0 aliphatic carbocycles. The number of nitrogens with zero attached hydrogens (tertiary/aromatic N) is 2. The lowest BCUT2D eigenvalue weighted by Gasteiger charge is -2.22. The number of rotatable bonds is 7. The first kappa shape index (κ1) is 29.7. The number of carbonyl (C=O) groups excluding carboxylic acids is 2. The Morgan fingerprint density at radius 3 is 1.70 bits per heavy atom. The number of aryl methyl sites for hydroxylation is 2. The second-order valence-electron chi connectivity index (χ2n) is 8.91. The van der Waals surface area contributed by atoms with Crippen molar-refractivity contribution < 1.29 is 26.4 Å². The van der Waals surface area contributed by atoms with Gasteiger partial charge >= 0.3 is 0 Å². The van der Waals surface area contributed by atoms with Gasteiger partial charge in [0.15, 0.2) is 0 Å². The van der Waals surface area contributed by atoms with Crippen molar-refractivity contribution in [3.8, 4) is 0 Å². The molecule has 0 saturated carbocycles. The van der Waals surface area contributed by atoms with E-state index in [4.69, 9.17) is 0 Å². The summed E-state index contributed by atoms with van der Waals surface area (Å²) in [4.78, 5) is 24.0. The molecule has 3 rings (SSSR count). The maximum atomic E-state index is 12.5. The lowest BCUT2D eigenvalue weighted by Crippen LogP contribution is -2.38. The fourth-order valence-electron chi connectivity index (χ4n) is 3.19. The second-order valence-corrected chi connectivity index (χ2v) is 12.6. The molecule has 0 atom stereocenters. The second kappa shape index (κ2) is 11.7. The first-order chi connectivity index (χ1) is 17.1. The van der Waals surface area contributed by atoms with Gasteiger partial charge in [-0.3, -0.25) is 9.59 Å². The number of hydrogen-bond donors (Lipinski definition) is 0. The average molecular weight is 545 g/mol. The van der Waals surface area contributed by atoms with Crippen LogP contribution in [-0.2, 0) is 29.6 Å². The molecule has 0 saturated heterocycles. The van der Waals surface area contributed by atoms with Gasteiger partial charge in [0.2, 0.25) is 0 Å². The molecule has 0 unspecified atom stereocenters. The Balaban J connectivity index is 0.000000263. The molecule has 1 heterocycles. The van der Waals surface area contributed by atoms with Crippen molar-refractivity contribution in [1.82, 2.24) is 8.61 Å². The molecule has 0 N–H and O–H groups in total. The molecule has 8 nitrogen and oxygen atoms in total. The largest absolute Gasteiger partial charge is 0.268 e. The Bertz CT molecular complexity index is 1450. The fourth-order valence-corrected chi connectivity index (χ4v) is 6.06. The predicted octanol–water partition coefficient (Wildman–Crippen LogP) is 4.14. The van der Waals surface area contributed by atoms with Gasteiger partial charge in [0.05, 0.1) is 22.9 Å². The van der Waals surface area contributed by atoms with Crippen LogP contribution in [0.1, 0.15) is 31.9 Å². The molecule has 0 bridgehead atoms. The zero-order chi connectivity index (χ0) is 28.1. The maximum Gasteiger partial charge on any atom is 0.267 e. The van der Waals surface area contributed by atoms with E-state index >= 15 is 0 Å². The molecule has 0 radical (unpaired) electrons.